The van der Waals surface area contributed by atoms with Gasteiger partial charge < -0.3 is 10.0 Å². The van der Waals surface area contributed by atoms with Crippen LogP contribution in [0.15, 0.2) is 22.7 Å². The van der Waals surface area contributed by atoms with E-state index in [1.807, 2.05) is 0 Å². The van der Waals surface area contributed by atoms with Crippen molar-refractivity contribution in [2.24, 2.45) is 0 Å². The van der Waals surface area contributed by atoms with E-state index >= 15 is 0 Å². The first-order valence-corrected chi connectivity index (χ1v) is 6.20. The fourth-order valence-electron chi connectivity index (χ4n) is 1.85. The molecule has 1 N–H and O–H groups in total. The number of nitrogens with zero attached hydrogens (tertiary/aromatic N) is 1. The summed E-state index contributed by atoms with van der Waals surface area (Å²) in [5.74, 6) is -1.22. The van der Waals surface area contributed by atoms with Gasteiger partial charge in [-0.15, -0.1) is 11.6 Å². The first kappa shape index (κ1) is 12.4. The van der Waals surface area contributed by atoms with E-state index in [2.05, 4.69) is 15.9 Å². The zero-order chi connectivity index (χ0) is 12.6. The van der Waals surface area contributed by atoms with Crippen LogP contribution in [0.3, 0.4) is 0 Å². The summed E-state index contributed by atoms with van der Waals surface area (Å²) in [5.41, 5.74) is 0.478. The minimum Gasteiger partial charge on any atom is -0.478 e. The number of carboxylic acid groups (broad SMARTS) is 1. The van der Waals surface area contributed by atoms with Crippen molar-refractivity contribution in [3.63, 3.8) is 0 Å². The molecule has 0 saturated carbocycles. The van der Waals surface area contributed by atoms with Crippen LogP contribution in [-0.4, -0.2) is 28.9 Å². The molecular formula is C11H9BrClNO3. The molecule has 0 aliphatic carbocycles. The number of halogens is 2. The van der Waals surface area contributed by atoms with Gasteiger partial charge in [-0.05, 0) is 28.1 Å². The van der Waals surface area contributed by atoms with Crippen molar-refractivity contribution in [2.75, 3.05) is 11.4 Å². The van der Waals surface area contributed by atoms with Crippen LogP contribution in [0.2, 0.25) is 0 Å². The first-order chi connectivity index (χ1) is 8.00. The molecule has 0 bridgehead atoms. The molecule has 1 fully saturated rings. The van der Waals surface area contributed by atoms with Crippen LogP contribution >= 0.6 is 27.5 Å². The molecule has 0 aromatic heterocycles. The fraction of sp³-hybridized carbons (Fsp3) is 0.273. The minimum atomic E-state index is -1.07. The second-order valence-electron chi connectivity index (χ2n) is 3.74. The van der Waals surface area contributed by atoms with E-state index < -0.39 is 5.97 Å². The number of carbonyl (C=O) groups is 2. The van der Waals surface area contributed by atoms with Crippen molar-refractivity contribution in [1.29, 1.82) is 0 Å². The molecule has 90 valence electrons. The van der Waals surface area contributed by atoms with E-state index in [-0.39, 0.29) is 23.3 Å². The Bertz CT molecular complexity index is 492. The molecule has 1 aliphatic heterocycles. The van der Waals surface area contributed by atoms with Crippen LogP contribution in [0.25, 0.3) is 0 Å². The number of alkyl halides is 1. The third-order valence-electron chi connectivity index (χ3n) is 2.57. The lowest BCUT2D eigenvalue weighted by atomic mass is 10.1. The average Bonchev–Trinajstić information content (AvgIpc) is 2.56. The Hall–Kier alpha value is -1.07. The second kappa shape index (κ2) is 4.66. The van der Waals surface area contributed by atoms with Gasteiger partial charge in [0.2, 0.25) is 5.91 Å². The largest absolute Gasteiger partial charge is 0.478 e. The summed E-state index contributed by atoms with van der Waals surface area (Å²) in [4.78, 5) is 24.3. The maximum absolute atomic E-state index is 11.7. The summed E-state index contributed by atoms with van der Waals surface area (Å²) in [5, 5.41) is 8.90. The average molecular weight is 319 g/mol. The molecule has 0 spiro atoms. The molecule has 1 atom stereocenters. The fourth-order valence-corrected chi connectivity index (χ4v) is 2.64. The quantitative estimate of drug-likeness (QED) is 0.852. The molecule has 17 heavy (non-hydrogen) atoms. The summed E-state index contributed by atoms with van der Waals surface area (Å²) in [7, 11) is 0. The standard InChI is InChI=1S/C11H9BrClNO3/c12-7-2-1-3-8(10(7)11(16)17)14-5-6(13)4-9(14)15/h1-3,6H,4-5H2,(H,16,17). The van der Waals surface area contributed by atoms with Crippen molar-refractivity contribution in [3.8, 4) is 0 Å². The second-order valence-corrected chi connectivity index (χ2v) is 5.22. The highest BCUT2D eigenvalue weighted by Gasteiger charge is 2.32. The number of carboxylic acids is 1. The zero-order valence-corrected chi connectivity index (χ0v) is 11.0. The van der Waals surface area contributed by atoms with Gasteiger partial charge in [0.1, 0.15) is 0 Å². The van der Waals surface area contributed by atoms with Crippen LogP contribution in [0.4, 0.5) is 5.69 Å². The van der Waals surface area contributed by atoms with Crippen LogP contribution in [-0.2, 0) is 4.79 Å². The van der Waals surface area contributed by atoms with Gasteiger partial charge in [-0.2, -0.15) is 0 Å². The Labute approximate surface area is 111 Å². The molecule has 1 unspecified atom stereocenters. The summed E-state index contributed by atoms with van der Waals surface area (Å²) >= 11 is 9.08. The minimum absolute atomic E-state index is 0.0895. The predicted molar refractivity (Wildman–Crippen MR) is 67.7 cm³/mol. The molecule has 1 aromatic rings. The molecule has 1 heterocycles. The van der Waals surface area contributed by atoms with Gasteiger partial charge in [-0.25, -0.2) is 4.79 Å². The van der Waals surface area contributed by atoms with Gasteiger partial charge in [-0.3, -0.25) is 4.79 Å². The van der Waals surface area contributed by atoms with Crippen molar-refractivity contribution in [2.45, 2.75) is 11.8 Å². The highest BCUT2D eigenvalue weighted by atomic mass is 79.9. The van der Waals surface area contributed by atoms with Crippen molar-refractivity contribution >= 4 is 45.1 Å². The lowest BCUT2D eigenvalue weighted by Crippen LogP contribution is -2.26. The molecule has 4 nitrogen and oxygen atoms in total. The van der Waals surface area contributed by atoms with E-state index in [1.54, 1.807) is 18.2 Å². The highest BCUT2D eigenvalue weighted by molar-refractivity contribution is 9.10. The number of carbonyl (C=O) groups excluding carboxylic acids is 1. The molecule has 0 radical (unpaired) electrons. The molecule has 1 amide bonds. The molecule has 2 rings (SSSR count). The normalized spacial score (nSPS) is 19.8. The summed E-state index contributed by atoms with van der Waals surface area (Å²) < 4.78 is 0.452. The lowest BCUT2D eigenvalue weighted by Gasteiger charge is -2.18. The number of hydrogen-bond acceptors (Lipinski definition) is 2. The monoisotopic (exact) mass is 317 g/mol. The predicted octanol–water partition coefficient (Wildman–Crippen LogP) is 2.49. The number of aromatic carboxylic acids is 1. The SMILES string of the molecule is O=C(O)c1c(Br)cccc1N1CC(Cl)CC1=O. The van der Waals surface area contributed by atoms with Gasteiger partial charge in [0.25, 0.3) is 0 Å². The number of benzene rings is 1. The van der Waals surface area contributed by atoms with Gasteiger partial charge in [0.05, 0.1) is 16.6 Å². The Balaban J connectivity index is 2.49. The first-order valence-electron chi connectivity index (χ1n) is 4.97. The van der Waals surface area contributed by atoms with Crippen LogP contribution in [0.5, 0.6) is 0 Å². The van der Waals surface area contributed by atoms with Crippen molar-refractivity contribution in [1.82, 2.24) is 0 Å². The van der Waals surface area contributed by atoms with E-state index in [4.69, 9.17) is 16.7 Å². The molecule has 1 aliphatic rings. The number of hydrogen-bond donors (Lipinski definition) is 1. The van der Waals surface area contributed by atoms with Gasteiger partial charge in [-0.1, -0.05) is 6.07 Å². The summed E-state index contributed by atoms with van der Waals surface area (Å²) in [6.07, 6.45) is 0.243. The molecule has 1 aromatic carbocycles. The smallest absolute Gasteiger partial charge is 0.338 e. The van der Waals surface area contributed by atoms with Crippen molar-refractivity contribution in [3.05, 3.63) is 28.2 Å². The Morgan fingerprint density at radius 1 is 1.53 bits per heavy atom. The number of amides is 1. The summed E-state index contributed by atoms with van der Waals surface area (Å²) in [6.45, 7) is 0.344. The van der Waals surface area contributed by atoms with Gasteiger partial charge in [0.15, 0.2) is 0 Å². The third kappa shape index (κ3) is 2.30. The Morgan fingerprint density at radius 3 is 2.76 bits per heavy atom. The van der Waals surface area contributed by atoms with Crippen LogP contribution in [0, 0.1) is 0 Å². The van der Waals surface area contributed by atoms with Crippen LogP contribution in [0.1, 0.15) is 16.8 Å². The third-order valence-corrected chi connectivity index (χ3v) is 3.53. The molecule has 6 heteroatoms. The summed E-state index contributed by atoms with van der Waals surface area (Å²) in [6, 6.07) is 4.94. The van der Waals surface area contributed by atoms with E-state index in [0.717, 1.165) is 0 Å². The maximum Gasteiger partial charge on any atom is 0.338 e. The molecule has 1 saturated heterocycles. The van der Waals surface area contributed by atoms with Gasteiger partial charge >= 0.3 is 5.97 Å². The topological polar surface area (TPSA) is 57.6 Å². The highest BCUT2D eigenvalue weighted by Crippen LogP contribution is 2.31. The van der Waals surface area contributed by atoms with E-state index in [9.17, 15) is 9.59 Å². The lowest BCUT2D eigenvalue weighted by molar-refractivity contribution is -0.117. The van der Waals surface area contributed by atoms with Crippen LogP contribution < -0.4 is 4.90 Å². The van der Waals surface area contributed by atoms with E-state index in [1.165, 1.54) is 4.90 Å². The Kier molecular flexibility index (Phi) is 3.40. The Morgan fingerprint density at radius 2 is 2.24 bits per heavy atom. The maximum atomic E-state index is 11.7. The van der Waals surface area contributed by atoms with E-state index in [0.29, 0.717) is 16.7 Å². The number of anilines is 1. The number of rotatable bonds is 2. The van der Waals surface area contributed by atoms with Crippen molar-refractivity contribution < 1.29 is 14.7 Å². The zero-order valence-electron chi connectivity index (χ0n) is 8.69. The molecular weight excluding hydrogens is 309 g/mol. The van der Waals surface area contributed by atoms with Gasteiger partial charge in [0, 0.05) is 17.4 Å².